The molecule has 104 valence electrons. The van der Waals surface area contributed by atoms with Crippen LogP contribution in [0.2, 0.25) is 0 Å². The largest absolute Gasteiger partial charge is 0.376 e. The van der Waals surface area contributed by atoms with E-state index in [2.05, 4.69) is 19.2 Å². The zero-order valence-corrected chi connectivity index (χ0v) is 12.7. The summed E-state index contributed by atoms with van der Waals surface area (Å²) in [6, 6.07) is 0. The molecule has 0 radical (unpaired) electrons. The number of aliphatic imine (C=N–C) groups is 1. The molecule has 1 aliphatic carbocycles. The highest BCUT2D eigenvalue weighted by molar-refractivity contribution is 8.13. The van der Waals surface area contributed by atoms with E-state index in [4.69, 9.17) is 9.73 Å². The molecule has 0 bridgehead atoms. The highest BCUT2D eigenvalue weighted by atomic mass is 32.2. The molecule has 4 heteroatoms. The van der Waals surface area contributed by atoms with Gasteiger partial charge < -0.3 is 10.1 Å². The molecule has 1 fully saturated rings. The van der Waals surface area contributed by atoms with E-state index in [1.807, 2.05) is 18.9 Å². The summed E-state index contributed by atoms with van der Waals surface area (Å²) in [7, 11) is 1.83. The highest BCUT2D eigenvalue weighted by Crippen LogP contribution is 2.36. The lowest BCUT2D eigenvalue weighted by atomic mass is 9.80. The quantitative estimate of drug-likeness (QED) is 0.833. The first-order valence-corrected chi connectivity index (χ1v) is 8.12. The average Bonchev–Trinajstić information content (AvgIpc) is 2.39. The van der Waals surface area contributed by atoms with Crippen LogP contribution in [0.5, 0.6) is 0 Å². The van der Waals surface area contributed by atoms with Crippen molar-refractivity contribution in [2.45, 2.75) is 51.6 Å². The van der Waals surface area contributed by atoms with E-state index in [9.17, 15) is 0 Å². The average molecular weight is 270 g/mol. The van der Waals surface area contributed by atoms with Crippen LogP contribution in [0.15, 0.2) is 4.99 Å². The smallest absolute Gasteiger partial charge is 0.156 e. The summed E-state index contributed by atoms with van der Waals surface area (Å²) in [6.07, 6.45) is 6.12. The SMILES string of the molecule is CCC1(CC)CN=C(NCC2(OC)CCC2)SC1. The molecule has 2 rings (SSSR count). The molecule has 0 spiro atoms. The van der Waals surface area contributed by atoms with Crippen molar-refractivity contribution in [2.75, 3.05) is 26.0 Å². The first-order chi connectivity index (χ1) is 8.67. The summed E-state index contributed by atoms with van der Waals surface area (Å²) in [5.74, 6) is 1.20. The predicted octanol–water partition coefficient (Wildman–Crippen LogP) is 3.05. The van der Waals surface area contributed by atoms with Gasteiger partial charge in [0.25, 0.3) is 0 Å². The number of thioether (sulfide) groups is 1. The number of ether oxygens (including phenoxy) is 1. The van der Waals surface area contributed by atoms with Gasteiger partial charge in [-0.2, -0.15) is 0 Å². The molecule has 0 saturated heterocycles. The van der Waals surface area contributed by atoms with E-state index in [-0.39, 0.29) is 5.60 Å². The summed E-state index contributed by atoms with van der Waals surface area (Å²) < 4.78 is 5.62. The van der Waals surface area contributed by atoms with E-state index < -0.39 is 0 Å². The van der Waals surface area contributed by atoms with Gasteiger partial charge in [0.15, 0.2) is 5.17 Å². The van der Waals surface area contributed by atoms with Crippen molar-refractivity contribution in [3.63, 3.8) is 0 Å². The second kappa shape index (κ2) is 5.83. The van der Waals surface area contributed by atoms with Crippen molar-refractivity contribution < 1.29 is 4.74 Å². The molecular formula is C14H26N2OS. The fourth-order valence-corrected chi connectivity index (χ4v) is 3.87. The van der Waals surface area contributed by atoms with Gasteiger partial charge >= 0.3 is 0 Å². The number of hydrogen-bond donors (Lipinski definition) is 1. The van der Waals surface area contributed by atoms with Crippen LogP contribution in [0.4, 0.5) is 0 Å². The van der Waals surface area contributed by atoms with Crippen LogP contribution in [-0.4, -0.2) is 36.7 Å². The molecule has 2 aliphatic rings. The van der Waals surface area contributed by atoms with Crippen molar-refractivity contribution in [3.8, 4) is 0 Å². The fraction of sp³-hybridized carbons (Fsp3) is 0.929. The normalized spacial score (nSPS) is 25.2. The van der Waals surface area contributed by atoms with Crippen LogP contribution in [0, 0.1) is 5.41 Å². The van der Waals surface area contributed by atoms with Crippen molar-refractivity contribution in [2.24, 2.45) is 10.4 Å². The van der Waals surface area contributed by atoms with E-state index in [0.717, 1.165) is 18.3 Å². The van der Waals surface area contributed by atoms with Crippen molar-refractivity contribution in [3.05, 3.63) is 0 Å². The maximum absolute atomic E-state index is 5.62. The Kier molecular flexibility index (Phi) is 4.59. The minimum atomic E-state index is 0.0904. The second-order valence-corrected chi connectivity index (χ2v) is 6.68. The topological polar surface area (TPSA) is 33.6 Å². The Balaban J connectivity index is 1.83. The van der Waals surface area contributed by atoms with E-state index >= 15 is 0 Å². The maximum atomic E-state index is 5.62. The van der Waals surface area contributed by atoms with Crippen LogP contribution in [0.1, 0.15) is 46.0 Å². The Morgan fingerprint density at radius 1 is 1.33 bits per heavy atom. The summed E-state index contributed by atoms with van der Waals surface area (Å²) in [4.78, 5) is 4.73. The minimum absolute atomic E-state index is 0.0904. The monoisotopic (exact) mass is 270 g/mol. The molecule has 1 aliphatic heterocycles. The van der Waals surface area contributed by atoms with Crippen molar-refractivity contribution in [1.29, 1.82) is 0 Å². The molecule has 0 atom stereocenters. The third kappa shape index (κ3) is 2.85. The molecule has 1 saturated carbocycles. The Hall–Kier alpha value is -0.220. The lowest BCUT2D eigenvalue weighted by molar-refractivity contribution is -0.0664. The van der Waals surface area contributed by atoms with Gasteiger partial charge in [-0.1, -0.05) is 25.6 Å². The molecule has 1 heterocycles. The Morgan fingerprint density at radius 2 is 2.06 bits per heavy atom. The molecule has 18 heavy (non-hydrogen) atoms. The maximum Gasteiger partial charge on any atom is 0.156 e. The van der Waals surface area contributed by atoms with Gasteiger partial charge in [-0.05, 0) is 37.5 Å². The number of rotatable bonds is 5. The molecule has 3 nitrogen and oxygen atoms in total. The van der Waals surface area contributed by atoms with Crippen LogP contribution in [0.3, 0.4) is 0 Å². The van der Waals surface area contributed by atoms with Crippen molar-refractivity contribution in [1.82, 2.24) is 5.32 Å². The minimum Gasteiger partial charge on any atom is -0.376 e. The van der Waals surface area contributed by atoms with Crippen LogP contribution in [-0.2, 0) is 4.74 Å². The summed E-state index contributed by atoms with van der Waals surface area (Å²) in [5, 5.41) is 4.61. The second-order valence-electron chi connectivity index (χ2n) is 5.71. The van der Waals surface area contributed by atoms with Gasteiger partial charge in [-0.25, -0.2) is 0 Å². The molecule has 0 aromatic heterocycles. The van der Waals surface area contributed by atoms with Gasteiger partial charge in [0.05, 0.1) is 5.60 Å². The first kappa shape index (κ1) is 14.2. The van der Waals surface area contributed by atoms with E-state index in [1.54, 1.807) is 0 Å². The molecule has 0 unspecified atom stereocenters. The molecular weight excluding hydrogens is 244 g/mol. The third-order valence-corrected chi connectivity index (χ3v) is 6.14. The number of amidine groups is 1. The number of methoxy groups -OCH3 is 1. The molecule has 0 aromatic rings. The highest BCUT2D eigenvalue weighted by Gasteiger charge is 2.37. The predicted molar refractivity (Wildman–Crippen MR) is 79.4 cm³/mol. The zero-order valence-electron chi connectivity index (χ0n) is 11.9. The van der Waals surface area contributed by atoms with E-state index in [1.165, 1.54) is 37.9 Å². The van der Waals surface area contributed by atoms with Gasteiger partial charge in [-0.3, -0.25) is 4.99 Å². The zero-order chi connectivity index (χ0) is 13.1. The van der Waals surface area contributed by atoms with Crippen LogP contribution in [0.25, 0.3) is 0 Å². The standard InChI is InChI=1S/C14H26N2OS/c1-4-13(5-2)9-15-12(18-11-13)16-10-14(17-3)7-6-8-14/h4-11H2,1-3H3,(H,15,16). The van der Waals surface area contributed by atoms with Gasteiger partial charge in [-0.15, -0.1) is 0 Å². The van der Waals surface area contributed by atoms with Gasteiger partial charge in [0, 0.05) is 26.0 Å². The number of nitrogens with zero attached hydrogens (tertiary/aromatic N) is 1. The molecule has 0 amide bonds. The van der Waals surface area contributed by atoms with Gasteiger partial charge in [0.2, 0.25) is 0 Å². The lowest BCUT2D eigenvalue weighted by Gasteiger charge is -2.41. The molecule has 0 aromatic carbocycles. The summed E-state index contributed by atoms with van der Waals surface area (Å²) >= 11 is 1.89. The number of hydrogen-bond acceptors (Lipinski definition) is 4. The molecule has 1 N–H and O–H groups in total. The Bertz CT molecular complexity index is 303. The van der Waals surface area contributed by atoms with Crippen LogP contribution < -0.4 is 5.32 Å². The van der Waals surface area contributed by atoms with E-state index in [0.29, 0.717) is 5.41 Å². The van der Waals surface area contributed by atoms with Crippen molar-refractivity contribution >= 4 is 16.9 Å². The first-order valence-electron chi connectivity index (χ1n) is 7.14. The van der Waals surface area contributed by atoms with Crippen LogP contribution >= 0.6 is 11.8 Å². The fourth-order valence-electron chi connectivity index (χ4n) is 2.60. The third-order valence-electron chi connectivity index (χ3n) is 4.83. The van der Waals surface area contributed by atoms with Gasteiger partial charge in [0.1, 0.15) is 0 Å². The summed E-state index contributed by atoms with van der Waals surface area (Å²) in [6.45, 7) is 6.47. The number of nitrogens with one attached hydrogen (secondary N) is 1. The summed E-state index contributed by atoms with van der Waals surface area (Å²) in [5.41, 5.74) is 0.526. The lowest BCUT2D eigenvalue weighted by Crippen LogP contribution is -2.49. The Morgan fingerprint density at radius 3 is 2.44 bits per heavy atom. The Labute approximate surface area is 115 Å².